The predicted octanol–water partition coefficient (Wildman–Crippen LogP) is 0.877. The minimum atomic E-state index is -0.179. The SMILES string of the molecule is NC(=O)CC1CCN([C@@H]2CCCC[C@H]2O)CC1. The van der Waals surface area contributed by atoms with E-state index in [0.29, 0.717) is 18.4 Å². The quantitative estimate of drug-likeness (QED) is 0.769. The highest BCUT2D eigenvalue weighted by Gasteiger charge is 2.31. The van der Waals surface area contributed by atoms with Gasteiger partial charge in [-0.2, -0.15) is 0 Å². The molecule has 4 nitrogen and oxygen atoms in total. The molecule has 3 N–H and O–H groups in total. The van der Waals surface area contributed by atoms with Crippen LogP contribution in [0.2, 0.25) is 0 Å². The van der Waals surface area contributed by atoms with Crippen LogP contribution in [0, 0.1) is 5.92 Å². The first kappa shape index (κ1) is 12.8. The van der Waals surface area contributed by atoms with Crippen molar-refractivity contribution in [2.75, 3.05) is 13.1 Å². The third-order valence-corrected chi connectivity index (χ3v) is 4.30. The van der Waals surface area contributed by atoms with E-state index in [9.17, 15) is 9.90 Å². The molecule has 1 aliphatic heterocycles. The molecule has 1 aliphatic carbocycles. The van der Waals surface area contributed by atoms with Crippen LogP contribution < -0.4 is 5.73 Å². The third kappa shape index (κ3) is 3.42. The van der Waals surface area contributed by atoms with Gasteiger partial charge in [-0.25, -0.2) is 0 Å². The smallest absolute Gasteiger partial charge is 0.217 e. The van der Waals surface area contributed by atoms with Crippen LogP contribution in [0.25, 0.3) is 0 Å². The Labute approximate surface area is 103 Å². The summed E-state index contributed by atoms with van der Waals surface area (Å²) in [6, 6.07) is 0.360. The summed E-state index contributed by atoms with van der Waals surface area (Å²) in [6.45, 7) is 2.03. The molecule has 0 aromatic carbocycles. The fourth-order valence-electron chi connectivity index (χ4n) is 3.29. The van der Waals surface area contributed by atoms with E-state index < -0.39 is 0 Å². The molecule has 1 saturated heterocycles. The summed E-state index contributed by atoms with van der Waals surface area (Å²) < 4.78 is 0. The molecule has 98 valence electrons. The zero-order valence-electron chi connectivity index (χ0n) is 10.5. The van der Waals surface area contributed by atoms with Gasteiger partial charge in [0, 0.05) is 12.5 Å². The maximum atomic E-state index is 10.9. The van der Waals surface area contributed by atoms with E-state index in [1.54, 1.807) is 0 Å². The number of aliphatic hydroxyl groups is 1. The zero-order valence-corrected chi connectivity index (χ0v) is 10.5. The van der Waals surface area contributed by atoms with E-state index in [1.807, 2.05) is 0 Å². The van der Waals surface area contributed by atoms with Gasteiger partial charge in [-0.05, 0) is 44.7 Å². The summed E-state index contributed by atoms with van der Waals surface area (Å²) >= 11 is 0. The van der Waals surface area contributed by atoms with Gasteiger partial charge in [0.2, 0.25) is 5.91 Å². The lowest BCUT2D eigenvalue weighted by Gasteiger charge is -2.41. The van der Waals surface area contributed by atoms with Crippen molar-refractivity contribution in [2.24, 2.45) is 11.7 Å². The molecule has 0 unspecified atom stereocenters. The number of nitrogens with two attached hydrogens (primary N) is 1. The molecule has 1 saturated carbocycles. The molecule has 0 spiro atoms. The van der Waals surface area contributed by atoms with Crippen LogP contribution in [-0.2, 0) is 4.79 Å². The molecule has 0 aromatic heterocycles. The standard InChI is InChI=1S/C13H24N2O2/c14-13(17)9-10-5-7-15(8-6-10)11-3-1-2-4-12(11)16/h10-12,16H,1-9H2,(H2,14,17)/t11-,12-/m1/s1. The summed E-state index contributed by atoms with van der Waals surface area (Å²) in [6.07, 6.45) is 6.96. The normalized spacial score (nSPS) is 32.5. The first-order chi connectivity index (χ1) is 8.16. The lowest BCUT2D eigenvalue weighted by molar-refractivity contribution is -0.119. The Kier molecular flexibility index (Phi) is 4.40. The Balaban J connectivity index is 1.79. The molecule has 17 heavy (non-hydrogen) atoms. The number of carbonyl (C=O) groups excluding carboxylic acids is 1. The second-order valence-electron chi connectivity index (χ2n) is 5.57. The molecule has 2 aliphatic rings. The number of amides is 1. The number of carbonyl (C=O) groups is 1. The van der Waals surface area contributed by atoms with Crippen LogP contribution in [0.3, 0.4) is 0 Å². The Morgan fingerprint density at radius 1 is 1.18 bits per heavy atom. The van der Waals surface area contributed by atoms with Gasteiger partial charge in [0.05, 0.1) is 6.10 Å². The molecule has 0 radical (unpaired) electrons. The number of likely N-dealkylation sites (tertiary alicyclic amines) is 1. The number of aliphatic hydroxyl groups excluding tert-OH is 1. The van der Waals surface area contributed by atoms with Crippen molar-refractivity contribution in [1.29, 1.82) is 0 Å². The Morgan fingerprint density at radius 3 is 2.41 bits per heavy atom. The molecule has 0 aromatic rings. The molecule has 2 atom stereocenters. The minimum Gasteiger partial charge on any atom is -0.391 e. The zero-order chi connectivity index (χ0) is 12.3. The van der Waals surface area contributed by atoms with Crippen LogP contribution in [0.15, 0.2) is 0 Å². The minimum absolute atomic E-state index is 0.142. The monoisotopic (exact) mass is 240 g/mol. The van der Waals surface area contributed by atoms with Crippen molar-refractivity contribution < 1.29 is 9.90 Å². The van der Waals surface area contributed by atoms with Gasteiger partial charge in [-0.15, -0.1) is 0 Å². The number of primary amides is 1. The van der Waals surface area contributed by atoms with Crippen LogP contribution in [0.4, 0.5) is 0 Å². The van der Waals surface area contributed by atoms with Gasteiger partial charge in [0.1, 0.15) is 0 Å². The molecule has 0 bridgehead atoms. The van der Waals surface area contributed by atoms with E-state index in [4.69, 9.17) is 5.73 Å². The third-order valence-electron chi connectivity index (χ3n) is 4.30. The second kappa shape index (κ2) is 5.83. The van der Waals surface area contributed by atoms with E-state index >= 15 is 0 Å². The topological polar surface area (TPSA) is 66.6 Å². The fraction of sp³-hybridized carbons (Fsp3) is 0.923. The lowest BCUT2D eigenvalue weighted by Crippen LogP contribution is -2.49. The predicted molar refractivity (Wildman–Crippen MR) is 66.4 cm³/mol. The van der Waals surface area contributed by atoms with Crippen molar-refractivity contribution in [3.8, 4) is 0 Å². The average molecular weight is 240 g/mol. The molecule has 2 rings (SSSR count). The molecule has 1 amide bonds. The lowest BCUT2D eigenvalue weighted by atomic mass is 9.87. The van der Waals surface area contributed by atoms with Crippen molar-refractivity contribution in [3.05, 3.63) is 0 Å². The van der Waals surface area contributed by atoms with Gasteiger partial charge in [-0.1, -0.05) is 12.8 Å². The second-order valence-corrected chi connectivity index (χ2v) is 5.57. The summed E-state index contributed by atoms with van der Waals surface area (Å²) in [4.78, 5) is 13.3. The van der Waals surface area contributed by atoms with Crippen LogP contribution in [0.5, 0.6) is 0 Å². The highest BCUT2D eigenvalue weighted by molar-refractivity contribution is 5.73. The molecular weight excluding hydrogens is 216 g/mol. The average Bonchev–Trinajstić information content (AvgIpc) is 2.30. The Bertz CT molecular complexity index is 262. The Hall–Kier alpha value is -0.610. The largest absolute Gasteiger partial charge is 0.391 e. The fourth-order valence-corrected chi connectivity index (χ4v) is 3.29. The van der Waals surface area contributed by atoms with E-state index in [1.165, 1.54) is 6.42 Å². The first-order valence-electron chi connectivity index (χ1n) is 6.87. The van der Waals surface area contributed by atoms with E-state index in [0.717, 1.165) is 45.2 Å². The molecule has 2 fully saturated rings. The Morgan fingerprint density at radius 2 is 1.82 bits per heavy atom. The van der Waals surface area contributed by atoms with Gasteiger partial charge >= 0.3 is 0 Å². The van der Waals surface area contributed by atoms with E-state index in [-0.39, 0.29) is 12.0 Å². The number of hydrogen-bond donors (Lipinski definition) is 2. The summed E-state index contributed by atoms with van der Waals surface area (Å²) in [7, 11) is 0. The number of piperidine rings is 1. The summed E-state index contributed by atoms with van der Waals surface area (Å²) in [5.74, 6) is 0.283. The van der Waals surface area contributed by atoms with Gasteiger partial charge in [0.25, 0.3) is 0 Å². The van der Waals surface area contributed by atoms with Gasteiger partial charge in [0.15, 0.2) is 0 Å². The van der Waals surface area contributed by atoms with Crippen molar-refractivity contribution in [3.63, 3.8) is 0 Å². The van der Waals surface area contributed by atoms with Crippen molar-refractivity contribution >= 4 is 5.91 Å². The molecule has 1 heterocycles. The highest BCUT2D eigenvalue weighted by Crippen LogP contribution is 2.28. The number of hydrogen-bond acceptors (Lipinski definition) is 3. The van der Waals surface area contributed by atoms with Gasteiger partial charge < -0.3 is 10.8 Å². The maximum absolute atomic E-state index is 10.9. The van der Waals surface area contributed by atoms with E-state index in [2.05, 4.69) is 4.90 Å². The molecule has 4 heteroatoms. The number of nitrogens with zero attached hydrogens (tertiary/aromatic N) is 1. The van der Waals surface area contributed by atoms with Crippen LogP contribution in [0.1, 0.15) is 44.9 Å². The van der Waals surface area contributed by atoms with Crippen LogP contribution in [-0.4, -0.2) is 41.1 Å². The first-order valence-corrected chi connectivity index (χ1v) is 6.87. The highest BCUT2D eigenvalue weighted by atomic mass is 16.3. The van der Waals surface area contributed by atoms with Gasteiger partial charge in [-0.3, -0.25) is 9.69 Å². The van der Waals surface area contributed by atoms with Crippen LogP contribution >= 0.6 is 0 Å². The number of rotatable bonds is 3. The van der Waals surface area contributed by atoms with Crippen molar-refractivity contribution in [1.82, 2.24) is 4.90 Å². The molecular formula is C13H24N2O2. The summed E-state index contributed by atoms with van der Waals surface area (Å²) in [5.41, 5.74) is 5.23. The maximum Gasteiger partial charge on any atom is 0.217 e. The summed E-state index contributed by atoms with van der Waals surface area (Å²) in [5, 5.41) is 10.0. The van der Waals surface area contributed by atoms with Crippen molar-refractivity contribution in [2.45, 2.75) is 57.1 Å².